The maximum absolute atomic E-state index is 12.8. The normalized spacial score (nSPS) is 19.9. The first-order valence-corrected chi connectivity index (χ1v) is 8.79. The molecule has 0 bridgehead atoms. The molecule has 112 valence electrons. The molecule has 1 aliphatic heterocycles. The number of rotatable bonds is 3. The molecule has 0 radical (unpaired) electrons. The lowest BCUT2D eigenvalue weighted by Gasteiger charge is -2.37. The zero-order chi connectivity index (χ0) is 15.1. The second-order valence-corrected chi connectivity index (χ2v) is 8.74. The molecule has 1 N–H and O–H groups in total. The molecule has 2 heterocycles. The van der Waals surface area contributed by atoms with Crippen LogP contribution in [0.1, 0.15) is 41.9 Å². The highest BCUT2D eigenvalue weighted by molar-refractivity contribution is 7.89. The van der Waals surface area contributed by atoms with E-state index in [0.29, 0.717) is 18.7 Å². The number of aryl methyl sites for hydroxylation is 1. The SMILES string of the molecule is Cc1csc(C(=O)O)c1S(=O)(=O)N1CCCC(C)(C)C1. The first-order chi connectivity index (χ1) is 9.15. The number of hydrogen-bond donors (Lipinski definition) is 1. The van der Waals surface area contributed by atoms with Crippen molar-refractivity contribution in [2.24, 2.45) is 5.41 Å². The molecule has 1 aromatic heterocycles. The fraction of sp³-hybridized carbons (Fsp3) is 0.615. The van der Waals surface area contributed by atoms with Crippen LogP contribution in [0.2, 0.25) is 0 Å². The number of carboxylic acid groups (broad SMARTS) is 1. The second-order valence-electron chi connectivity index (χ2n) is 5.99. The van der Waals surface area contributed by atoms with Crippen LogP contribution in [-0.2, 0) is 10.0 Å². The first kappa shape index (κ1) is 15.5. The smallest absolute Gasteiger partial charge is 0.347 e. The van der Waals surface area contributed by atoms with Gasteiger partial charge in [0.15, 0.2) is 0 Å². The standard InChI is InChI=1S/C13H19NO4S2/c1-9-7-19-10(12(15)16)11(9)20(17,18)14-6-4-5-13(2,3)8-14/h7H,4-6,8H2,1-3H3,(H,15,16). The van der Waals surface area contributed by atoms with Crippen molar-refractivity contribution >= 4 is 27.3 Å². The highest BCUT2D eigenvalue weighted by atomic mass is 32.2. The molecule has 0 aromatic carbocycles. The summed E-state index contributed by atoms with van der Waals surface area (Å²) in [6.45, 7) is 6.61. The summed E-state index contributed by atoms with van der Waals surface area (Å²) in [5.74, 6) is -1.18. The minimum atomic E-state index is -3.73. The van der Waals surface area contributed by atoms with E-state index in [4.69, 9.17) is 0 Å². The summed E-state index contributed by atoms with van der Waals surface area (Å²) in [6.07, 6.45) is 1.78. The Balaban J connectivity index is 2.46. The Bertz CT molecular complexity index is 631. The monoisotopic (exact) mass is 317 g/mol. The molecule has 0 unspecified atom stereocenters. The van der Waals surface area contributed by atoms with Gasteiger partial charge in [0.05, 0.1) is 0 Å². The van der Waals surface area contributed by atoms with Crippen LogP contribution in [0.15, 0.2) is 10.3 Å². The van der Waals surface area contributed by atoms with Crippen molar-refractivity contribution < 1.29 is 18.3 Å². The van der Waals surface area contributed by atoms with Crippen LogP contribution in [0.25, 0.3) is 0 Å². The summed E-state index contributed by atoms with van der Waals surface area (Å²) in [6, 6.07) is 0. The summed E-state index contributed by atoms with van der Waals surface area (Å²) in [5, 5.41) is 10.8. The van der Waals surface area contributed by atoms with E-state index >= 15 is 0 Å². The highest BCUT2D eigenvalue weighted by Gasteiger charge is 2.37. The Labute approximate surface area is 123 Å². The number of thiophene rings is 1. The average Bonchev–Trinajstić information content (AvgIpc) is 2.70. The van der Waals surface area contributed by atoms with Crippen LogP contribution >= 0.6 is 11.3 Å². The van der Waals surface area contributed by atoms with E-state index in [1.54, 1.807) is 12.3 Å². The lowest BCUT2D eigenvalue weighted by molar-refractivity contribution is 0.0698. The van der Waals surface area contributed by atoms with Crippen LogP contribution in [0.4, 0.5) is 0 Å². The molecule has 2 rings (SSSR count). The number of nitrogens with zero attached hydrogens (tertiary/aromatic N) is 1. The van der Waals surface area contributed by atoms with Gasteiger partial charge in [-0.15, -0.1) is 11.3 Å². The van der Waals surface area contributed by atoms with Crippen LogP contribution in [0.5, 0.6) is 0 Å². The second kappa shape index (κ2) is 5.13. The molecule has 1 saturated heterocycles. The van der Waals surface area contributed by atoms with E-state index in [2.05, 4.69) is 0 Å². The number of carboxylic acids is 1. The van der Waals surface area contributed by atoms with E-state index in [1.807, 2.05) is 13.8 Å². The maximum atomic E-state index is 12.8. The van der Waals surface area contributed by atoms with Gasteiger partial charge in [0.25, 0.3) is 0 Å². The zero-order valence-electron chi connectivity index (χ0n) is 11.8. The predicted octanol–water partition coefficient (Wildman–Crippen LogP) is 2.57. The Morgan fingerprint density at radius 2 is 2.10 bits per heavy atom. The van der Waals surface area contributed by atoms with Gasteiger partial charge in [-0.3, -0.25) is 0 Å². The summed E-state index contributed by atoms with van der Waals surface area (Å²) in [7, 11) is -3.73. The van der Waals surface area contributed by atoms with E-state index in [9.17, 15) is 18.3 Å². The molecule has 0 saturated carbocycles. The van der Waals surface area contributed by atoms with Crippen molar-refractivity contribution in [1.29, 1.82) is 0 Å². The highest BCUT2D eigenvalue weighted by Crippen LogP contribution is 2.35. The van der Waals surface area contributed by atoms with Crippen LogP contribution in [-0.4, -0.2) is 36.9 Å². The van der Waals surface area contributed by atoms with Crippen molar-refractivity contribution in [2.45, 2.75) is 38.5 Å². The molecule has 0 atom stereocenters. The lowest BCUT2D eigenvalue weighted by Crippen LogP contribution is -2.43. The topological polar surface area (TPSA) is 74.7 Å². The third-order valence-electron chi connectivity index (χ3n) is 3.58. The molecule has 0 spiro atoms. The lowest BCUT2D eigenvalue weighted by atomic mass is 9.85. The largest absolute Gasteiger partial charge is 0.477 e. The first-order valence-electron chi connectivity index (χ1n) is 6.47. The molecule has 5 nitrogen and oxygen atoms in total. The minimum Gasteiger partial charge on any atom is -0.477 e. The number of aromatic carboxylic acids is 1. The van der Waals surface area contributed by atoms with Crippen molar-refractivity contribution in [3.63, 3.8) is 0 Å². The summed E-state index contributed by atoms with van der Waals surface area (Å²) >= 11 is 0.970. The van der Waals surface area contributed by atoms with E-state index in [0.717, 1.165) is 24.2 Å². The molecule has 0 amide bonds. The number of sulfonamides is 1. The quantitative estimate of drug-likeness (QED) is 0.929. The van der Waals surface area contributed by atoms with Crippen molar-refractivity contribution in [2.75, 3.05) is 13.1 Å². The maximum Gasteiger partial charge on any atom is 0.347 e. The summed E-state index contributed by atoms with van der Waals surface area (Å²) < 4.78 is 26.9. The van der Waals surface area contributed by atoms with Crippen LogP contribution in [0, 0.1) is 12.3 Å². The van der Waals surface area contributed by atoms with Crippen molar-refractivity contribution in [1.82, 2.24) is 4.31 Å². The molecule has 1 aliphatic rings. The third kappa shape index (κ3) is 2.75. The van der Waals surface area contributed by atoms with Gasteiger partial charge in [0.2, 0.25) is 10.0 Å². The van der Waals surface area contributed by atoms with Gasteiger partial charge in [0.1, 0.15) is 9.77 Å². The van der Waals surface area contributed by atoms with Gasteiger partial charge in [-0.25, -0.2) is 13.2 Å². The predicted molar refractivity (Wildman–Crippen MR) is 77.8 cm³/mol. The fourth-order valence-corrected chi connectivity index (χ4v) is 5.86. The van der Waals surface area contributed by atoms with Crippen LogP contribution in [0.3, 0.4) is 0 Å². The number of hydrogen-bond acceptors (Lipinski definition) is 4. The Morgan fingerprint density at radius 3 is 2.65 bits per heavy atom. The van der Waals surface area contributed by atoms with E-state index in [-0.39, 0.29) is 15.2 Å². The van der Waals surface area contributed by atoms with Gasteiger partial charge >= 0.3 is 5.97 Å². The van der Waals surface area contributed by atoms with Gasteiger partial charge < -0.3 is 5.11 Å². The Kier molecular flexibility index (Phi) is 3.96. The molecule has 1 fully saturated rings. The number of carbonyl (C=O) groups is 1. The molecule has 1 aromatic rings. The van der Waals surface area contributed by atoms with E-state index in [1.165, 1.54) is 4.31 Å². The Morgan fingerprint density at radius 1 is 1.45 bits per heavy atom. The number of piperidine rings is 1. The van der Waals surface area contributed by atoms with Crippen LogP contribution < -0.4 is 0 Å². The third-order valence-corrected chi connectivity index (χ3v) is 6.82. The molecular weight excluding hydrogens is 298 g/mol. The van der Waals surface area contributed by atoms with Crippen molar-refractivity contribution in [3.05, 3.63) is 15.8 Å². The molecular formula is C13H19NO4S2. The van der Waals surface area contributed by atoms with Gasteiger partial charge in [0, 0.05) is 13.1 Å². The average molecular weight is 317 g/mol. The molecule has 20 heavy (non-hydrogen) atoms. The van der Waals surface area contributed by atoms with Crippen molar-refractivity contribution in [3.8, 4) is 0 Å². The zero-order valence-corrected chi connectivity index (χ0v) is 13.5. The summed E-state index contributed by atoms with van der Waals surface area (Å²) in [5.41, 5.74) is 0.439. The van der Waals surface area contributed by atoms with E-state index < -0.39 is 16.0 Å². The van der Waals surface area contributed by atoms with Gasteiger partial charge in [-0.1, -0.05) is 13.8 Å². The fourth-order valence-electron chi connectivity index (χ4n) is 2.61. The summed E-state index contributed by atoms with van der Waals surface area (Å²) in [4.78, 5) is 11.1. The minimum absolute atomic E-state index is 0.0345. The molecule has 7 heteroatoms. The van der Waals surface area contributed by atoms with Gasteiger partial charge in [-0.05, 0) is 36.1 Å². The molecule has 0 aliphatic carbocycles. The van der Waals surface area contributed by atoms with Gasteiger partial charge in [-0.2, -0.15) is 4.31 Å². The Hall–Kier alpha value is -0.920.